The van der Waals surface area contributed by atoms with Crippen LogP contribution < -0.4 is 10.5 Å². The molecular weight excluding hydrogens is 297 g/mol. The Morgan fingerprint density at radius 1 is 1.45 bits per heavy atom. The lowest BCUT2D eigenvalue weighted by atomic mass is 10.0. The highest BCUT2D eigenvalue weighted by molar-refractivity contribution is 6.35. The lowest BCUT2D eigenvalue weighted by Crippen LogP contribution is -2.22. The van der Waals surface area contributed by atoms with Crippen LogP contribution in [0.15, 0.2) is 12.1 Å². The third-order valence-corrected chi connectivity index (χ3v) is 4.08. The zero-order valence-electron chi connectivity index (χ0n) is 11.7. The van der Waals surface area contributed by atoms with Crippen molar-refractivity contribution in [2.75, 3.05) is 19.8 Å². The minimum atomic E-state index is 0.0849. The molecule has 1 aromatic rings. The van der Waals surface area contributed by atoms with Crippen molar-refractivity contribution in [1.82, 2.24) is 0 Å². The highest BCUT2D eigenvalue weighted by Gasteiger charge is 2.19. The maximum absolute atomic E-state index is 6.27. The van der Waals surface area contributed by atoms with Gasteiger partial charge in [-0.3, -0.25) is 0 Å². The number of benzene rings is 1. The summed E-state index contributed by atoms with van der Waals surface area (Å²) in [5.74, 6) is 1.15. The first-order chi connectivity index (χ1) is 9.60. The van der Waals surface area contributed by atoms with Gasteiger partial charge in [0.15, 0.2) is 0 Å². The van der Waals surface area contributed by atoms with Crippen molar-refractivity contribution in [2.45, 2.75) is 32.2 Å². The van der Waals surface area contributed by atoms with Crippen molar-refractivity contribution in [1.29, 1.82) is 0 Å². The summed E-state index contributed by atoms with van der Waals surface area (Å²) in [6.07, 6.45) is 2.66. The van der Waals surface area contributed by atoms with Crippen molar-refractivity contribution >= 4 is 23.2 Å². The molecule has 1 fully saturated rings. The molecular formula is C15H21Cl2NO2. The van der Waals surface area contributed by atoms with Gasteiger partial charge < -0.3 is 15.2 Å². The van der Waals surface area contributed by atoms with Gasteiger partial charge in [0.2, 0.25) is 0 Å². The van der Waals surface area contributed by atoms with E-state index in [1.807, 2.05) is 6.07 Å². The third kappa shape index (κ3) is 4.26. The van der Waals surface area contributed by atoms with Gasteiger partial charge in [-0.1, -0.05) is 30.1 Å². The van der Waals surface area contributed by atoms with Crippen molar-refractivity contribution in [3.8, 4) is 5.75 Å². The zero-order chi connectivity index (χ0) is 14.5. The minimum absolute atomic E-state index is 0.0849. The van der Waals surface area contributed by atoms with E-state index in [-0.39, 0.29) is 6.04 Å². The fourth-order valence-corrected chi connectivity index (χ4v) is 2.86. The van der Waals surface area contributed by atoms with Crippen LogP contribution in [0.25, 0.3) is 0 Å². The Morgan fingerprint density at radius 2 is 2.25 bits per heavy atom. The van der Waals surface area contributed by atoms with E-state index < -0.39 is 0 Å². The van der Waals surface area contributed by atoms with Gasteiger partial charge in [-0.05, 0) is 37.0 Å². The van der Waals surface area contributed by atoms with Crippen LogP contribution in [0.4, 0.5) is 0 Å². The molecule has 5 heteroatoms. The summed E-state index contributed by atoms with van der Waals surface area (Å²) in [6, 6.07) is 3.69. The van der Waals surface area contributed by atoms with Crippen LogP contribution in [0, 0.1) is 5.92 Å². The van der Waals surface area contributed by atoms with E-state index in [4.69, 9.17) is 38.4 Å². The van der Waals surface area contributed by atoms with Gasteiger partial charge >= 0.3 is 0 Å². The maximum Gasteiger partial charge on any atom is 0.141 e. The van der Waals surface area contributed by atoms with Crippen molar-refractivity contribution in [3.05, 3.63) is 27.7 Å². The average molecular weight is 318 g/mol. The summed E-state index contributed by atoms with van der Waals surface area (Å²) in [7, 11) is 0. The summed E-state index contributed by atoms with van der Waals surface area (Å²) in [6.45, 7) is 4.26. The molecule has 0 aliphatic carbocycles. The van der Waals surface area contributed by atoms with Gasteiger partial charge in [-0.2, -0.15) is 0 Å². The minimum Gasteiger partial charge on any atom is -0.491 e. The second-order valence-electron chi connectivity index (χ2n) is 5.29. The van der Waals surface area contributed by atoms with E-state index in [2.05, 4.69) is 6.92 Å². The fraction of sp³-hybridized carbons (Fsp3) is 0.600. The number of hydrogen-bond acceptors (Lipinski definition) is 3. The predicted molar refractivity (Wildman–Crippen MR) is 82.9 cm³/mol. The molecule has 1 heterocycles. The molecule has 0 saturated carbocycles. The standard InChI is InChI=1S/C15H21Cl2NO2/c1-2-13(18)6-11-5-12(16)7-14(17)15(11)20-9-10-3-4-19-8-10/h5,7,10,13H,2-4,6,8-9,18H2,1H3. The Hall–Kier alpha value is -0.480. The Balaban J connectivity index is 2.11. The van der Waals surface area contributed by atoms with Crippen LogP contribution in [-0.2, 0) is 11.2 Å². The molecule has 1 aliphatic heterocycles. The van der Waals surface area contributed by atoms with Crippen LogP contribution in [0.2, 0.25) is 10.0 Å². The number of halogens is 2. The average Bonchev–Trinajstić information content (AvgIpc) is 2.90. The summed E-state index contributed by atoms with van der Waals surface area (Å²) in [5.41, 5.74) is 7.01. The van der Waals surface area contributed by atoms with Gasteiger partial charge in [0.1, 0.15) is 5.75 Å². The van der Waals surface area contributed by atoms with Crippen LogP contribution in [0.5, 0.6) is 5.75 Å². The first-order valence-electron chi connectivity index (χ1n) is 7.04. The summed E-state index contributed by atoms with van der Waals surface area (Å²) in [4.78, 5) is 0. The number of ether oxygens (including phenoxy) is 2. The molecule has 0 radical (unpaired) electrons. The second-order valence-corrected chi connectivity index (χ2v) is 6.13. The quantitative estimate of drug-likeness (QED) is 0.870. The summed E-state index contributed by atoms with van der Waals surface area (Å²) in [5, 5.41) is 1.17. The Kier molecular flexibility index (Phi) is 5.97. The first-order valence-corrected chi connectivity index (χ1v) is 7.79. The monoisotopic (exact) mass is 317 g/mol. The Morgan fingerprint density at radius 3 is 2.90 bits per heavy atom. The van der Waals surface area contributed by atoms with Crippen LogP contribution >= 0.6 is 23.2 Å². The number of rotatable bonds is 6. The molecule has 3 nitrogen and oxygen atoms in total. The summed E-state index contributed by atoms with van der Waals surface area (Å²) < 4.78 is 11.3. The van der Waals surface area contributed by atoms with E-state index in [0.717, 1.165) is 31.6 Å². The molecule has 112 valence electrons. The fourth-order valence-electron chi connectivity index (χ4n) is 2.27. The van der Waals surface area contributed by atoms with E-state index in [1.165, 1.54) is 0 Å². The molecule has 1 saturated heterocycles. The molecule has 2 atom stereocenters. The third-order valence-electron chi connectivity index (χ3n) is 3.58. The molecule has 0 spiro atoms. The maximum atomic E-state index is 6.27. The lowest BCUT2D eigenvalue weighted by Gasteiger charge is -2.18. The van der Waals surface area contributed by atoms with Crippen LogP contribution in [-0.4, -0.2) is 25.9 Å². The van der Waals surface area contributed by atoms with Crippen molar-refractivity contribution in [3.63, 3.8) is 0 Å². The molecule has 1 aliphatic rings. The molecule has 1 aromatic carbocycles. The van der Waals surface area contributed by atoms with Gasteiger partial charge in [-0.15, -0.1) is 0 Å². The van der Waals surface area contributed by atoms with Crippen LogP contribution in [0.1, 0.15) is 25.3 Å². The smallest absolute Gasteiger partial charge is 0.141 e. The van der Waals surface area contributed by atoms with E-state index in [1.54, 1.807) is 6.07 Å². The van der Waals surface area contributed by atoms with Gasteiger partial charge in [-0.25, -0.2) is 0 Å². The van der Waals surface area contributed by atoms with Gasteiger partial charge in [0, 0.05) is 23.6 Å². The highest BCUT2D eigenvalue weighted by Crippen LogP contribution is 2.34. The molecule has 0 bridgehead atoms. The Bertz CT molecular complexity index is 448. The molecule has 0 amide bonds. The SMILES string of the molecule is CCC(N)Cc1cc(Cl)cc(Cl)c1OCC1CCOC1. The molecule has 2 unspecified atom stereocenters. The predicted octanol–water partition coefficient (Wildman–Crippen LogP) is 3.69. The largest absolute Gasteiger partial charge is 0.491 e. The molecule has 0 aromatic heterocycles. The van der Waals surface area contributed by atoms with Gasteiger partial charge in [0.25, 0.3) is 0 Å². The molecule has 20 heavy (non-hydrogen) atoms. The second kappa shape index (κ2) is 7.51. The normalized spacial score (nSPS) is 20.1. The summed E-state index contributed by atoms with van der Waals surface area (Å²) >= 11 is 12.3. The molecule has 2 N–H and O–H groups in total. The topological polar surface area (TPSA) is 44.5 Å². The number of nitrogens with two attached hydrogens (primary N) is 1. The van der Waals surface area contributed by atoms with E-state index in [9.17, 15) is 0 Å². The number of hydrogen-bond donors (Lipinski definition) is 1. The Labute approximate surface area is 130 Å². The van der Waals surface area contributed by atoms with Gasteiger partial charge in [0.05, 0.1) is 18.2 Å². The zero-order valence-corrected chi connectivity index (χ0v) is 13.2. The van der Waals surface area contributed by atoms with Crippen molar-refractivity contribution in [2.24, 2.45) is 11.7 Å². The highest BCUT2D eigenvalue weighted by atomic mass is 35.5. The first kappa shape index (κ1) is 15.9. The molecule has 2 rings (SSSR count). The van der Waals surface area contributed by atoms with Crippen LogP contribution in [0.3, 0.4) is 0 Å². The van der Waals surface area contributed by atoms with E-state index in [0.29, 0.717) is 34.7 Å². The van der Waals surface area contributed by atoms with E-state index >= 15 is 0 Å². The van der Waals surface area contributed by atoms with Crippen molar-refractivity contribution < 1.29 is 9.47 Å². The lowest BCUT2D eigenvalue weighted by molar-refractivity contribution is 0.166.